The summed E-state index contributed by atoms with van der Waals surface area (Å²) in [5.41, 5.74) is 3.08. The molecular formula is C14H20N2O2. The number of amides is 1. The van der Waals surface area contributed by atoms with Crippen LogP contribution in [0.15, 0.2) is 12.1 Å². The molecule has 1 aromatic carbocycles. The summed E-state index contributed by atoms with van der Waals surface area (Å²) in [4.78, 5) is 11.6. The molecule has 1 amide bonds. The fraction of sp³-hybridized carbons (Fsp3) is 0.500. The normalized spacial score (nSPS) is 15.2. The lowest BCUT2D eigenvalue weighted by Crippen LogP contribution is -2.20. The highest BCUT2D eigenvalue weighted by atomic mass is 16.5. The van der Waals surface area contributed by atoms with E-state index < -0.39 is 0 Å². The van der Waals surface area contributed by atoms with Gasteiger partial charge in [0.05, 0.1) is 19.2 Å². The number of fused-ring (bicyclic) bond motifs is 1. The van der Waals surface area contributed by atoms with Crippen molar-refractivity contribution in [2.24, 2.45) is 0 Å². The first-order valence-corrected chi connectivity index (χ1v) is 6.40. The fourth-order valence-electron chi connectivity index (χ4n) is 2.36. The van der Waals surface area contributed by atoms with E-state index in [1.165, 1.54) is 5.56 Å². The van der Waals surface area contributed by atoms with Crippen LogP contribution in [-0.4, -0.2) is 19.6 Å². The molecule has 98 valence electrons. The second-order valence-corrected chi connectivity index (χ2v) is 4.61. The van der Waals surface area contributed by atoms with Crippen LogP contribution in [-0.2, 0) is 11.2 Å². The largest absolute Gasteiger partial charge is 0.495 e. The molecule has 0 saturated heterocycles. The lowest BCUT2D eigenvalue weighted by molar-refractivity contribution is -0.115. The number of carbonyl (C=O) groups is 1. The van der Waals surface area contributed by atoms with Crippen LogP contribution in [0.2, 0.25) is 0 Å². The van der Waals surface area contributed by atoms with Gasteiger partial charge in [-0.05, 0) is 37.1 Å². The highest BCUT2D eigenvalue weighted by Crippen LogP contribution is 2.37. The molecule has 0 fully saturated rings. The van der Waals surface area contributed by atoms with Crippen LogP contribution in [0, 0.1) is 0 Å². The third-order valence-electron chi connectivity index (χ3n) is 3.30. The van der Waals surface area contributed by atoms with Gasteiger partial charge in [-0.15, -0.1) is 0 Å². The van der Waals surface area contributed by atoms with Crippen molar-refractivity contribution in [2.45, 2.75) is 32.7 Å². The average molecular weight is 248 g/mol. The van der Waals surface area contributed by atoms with Gasteiger partial charge in [0.1, 0.15) is 5.75 Å². The number of carbonyl (C=O) groups excluding carboxylic acids is 1. The van der Waals surface area contributed by atoms with Gasteiger partial charge >= 0.3 is 0 Å². The van der Waals surface area contributed by atoms with Crippen molar-refractivity contribution >= 4 is 11.6 Å². The second kappa shape index (κ2) is 5.40. The van der Waals surface area contributed by atoms with Gasteiger partial charge in [0, 0.05) is 6.04 Å². The van der Waals surface area contributed by atoms with Crippen LogP contribution in [0.4, 0.5) is 5.69 Å². The Morgan fingerprint density at radius 1 is 1.50 bits per heavy atom. The van der Waals surface area contributed by atoms with Crippen LogP contribution >= 0.6 is 0 Å². The lowest BCUT2D eigenvalue weighted by atomic mass is 9.98. The maximum atomic E-state index is 11.6. The SMILES string of the molecule is CCCNC(C)c1ccc(OC)c2c1CC(=O)N2. The summed E-state index contributed by atoms with van der Waals surface area (Å²) < 4.78 is 5.29. The van der Waals surface area contributed by atoms with E-state index in [-0.39, 0.29) is 11.9 Å². The molecule has 2 N–H and O–H groups in total. The maximum absolute atomic E-state index is 11.6. The first-order valence-electron chi connectivity index (χ1n) is 6.40. The van der Waals surface area contributed by atoms with Gasteiger partial charge in [-0.2, -0.15) is 0 Å². The fourth-order valence-corrected chi connectivity index (χ4v) is 2.36. The Bertz CT molecular complexity index is 457. The highest BCUT2D eigenvalue weighted by Gasteiger charge is 2.26. The summed E-state index contributed by atoms with van der Waals surface area (Å²) >= 11 is 0. The molecule has 0 radical (unpaired) electrons. The van der Waals surface area contributed by atoms with E-state index in [0.717, 1.165) is 30.0 Å². The Kier molecular flexibility index (Phi) is 3.87. The van der Waals surface area contributed by atoms with Gasteiger partial charge in [-0.1, -0.05) is 13.0 Å². The minimum absolute atomic E-state index is 0.0402. The zero-order valence-electron chi connectivity index (χ0n) is 11.2. The minimum Gasteiger partial charge on any atom is -0.495 e. The van der Waals surface area contributed by atoms with Gasteiger partial charge in [0.15, 0.2) is 0 Å². The number of nitrogens with one attached hydrogen (secondary N) is 2. The van der Waals surface area contributed by atoms with Crippen molar-refractivity contribution in [3.63, 3.8) is 0 Å². The van der Waals surface area contributed by atoms with Crippen molar-refractivity contribution in [2.75, 3.05) is 19.0 Å². The topological polar surface area (TPSA) is 50.4 Å². The quantitative estimate of drug-likeness (QED) is 0.840. The third-order valence-corrected chi connectivity index (χ3v) is 3.30. The summed E-state index contributed by atoms with van der Waals surface area (Å²) in [7, 11) is 1.62. The molecule has 1 heterocycles. The molecule has 1 aliphatic rings. The summed E-state index contributed by atoms with van der Waals surface area (Å²) in [5.74, 6) is 0.778. The van der Waals surface area contributed by atoms with Gasteiger partial charge < -0.3 is 15.4 Å². The van der Waals surface area contributed by atoms with Crippen LogP contribution in [0.3, 0.4) is 0 Å². The Hall–Kier alpha value is -1.55. The van der Waals surface area contributed by atoms with E-state index in [1.807, 2.05) is 12.1 Å². The average Bonchev–Trinajstić information content (AvgIpc) is 2.75. The van der Waals surface area contributed by atoms with E-state index in [0.29, 0.717) is 6.42 Å². The molecule has 0 aliphatic carbocycles. The van der Waals surface area contributed by atoms with Crippen molar-refractivity contribution in [1.29, 1.82) is 0 Å². The molecule has 2 rings (SSSR count). The molecule has 18 heavy (non-hydrogen) atoms. The van der Waals surface area contributed by atoms with Crippen LogP contribution in [0.5, 0.6) is 5.75 Å². The number of hydrogen-bond donors (Lipinski definition) is 2. The summed E-state index contributed by atoms with van der Waals surface area (Å²) in [5, 5.41) is 6.33. The van der Waals surface area contributed by atoms with Gasteiger partial charge in [0.2, 0.25) is 5.91 Å². The van der Waals surface area contributed by atoms with Gasteiger partial charge in [-0.3, -0.25) is 4.79 Å². The monoisotopic (exact) mass is 248 g/mol. The van der Waals surface area contributed by atoms with Crippen molar-refractivity contribution in [3.05, 3.63) is 23.3 Å². The first kappa shape index (κ1) is 12.9. The lowest BCUT2D eigenvalue weighted by Gasteiger charge is -2.18. The molecular weight excluding hydrogens is 228 g/mol. The zero-order valence-corrected chi connectivity index (χ0v) is 11.2. The molecule has 0 aromatic heterocycles. The number of rotatable bonds is 5. The highest BCUT2D eigenvalue weighted by molar-refractivity contribution is 6.01. The number of anilines is 1. The summed E-state index contributed by atoms with van der Waals surface area (Å²) in [6, 6.07) is 4.21. The van der Waals surface area contributed by atoms with Crippen LogP contribution in [0.1, 0.15) is 37.4 Å². The summed E-state index contributed by atoms with van der Waals surface area (Å²) in [6.07, 6.45) is 1.54. The molecule has 0 spiro atoms. The Labute approximate surface area is 108 Å². The number of hydrogen-bond acceptors (Lipinski definition) is 3. The Morgan fingerprint density at radius 2 is 2.28 bits per heavy atom. The molecule has 1 aromatic rings. The van der Waals surface area contributed by atoms with E-state index in [9.17, 15) is 4.79 Å². The number of ether oxygens (including phenoxy) is 1. The van der Waals surface area contributed by atoms with Gasteiger partial charge in [-0.25, -0.2) is 0 Å². The van der Waals surface area contributed by atoms with Crippen LogP contribution < -0.4 is 15.4 Å². The molecule has 1 aliphatic heterocycles. The Morgan fingerprint density at radius 3 is 2.94 bits per heavy atom. The number of benzene rings is 1. The maximum Gasteiger partial charge on any atom is 0.228 e. The molecule has 4 heteroatoms. The molecule has 4 nitrogen and oxygen atoms in total. The van der Waals surface area contributed by atoms with Gasteiger partial charge in [0.25, 0.3) is 0 Å². The molecule has 1 atom stereocenters. The predicted molar refractivity (Wildman–Crippen MR) is 72.0 cm³/mol. The van der Waals surface area contributed by atoms with Crippen molar-refractivity contribution in [3.8, 4) is 5.75 Å². The van der Waals surface area contributed by atoms with E-state index in [4.69, 9.17) is 4.74 Å². The van der Waals surface area contributed by atoms with E-state index in [1.54, 1.807) is 7.11 Å². The molecule has 1 unspecified atom stereocenters. The van der Waals surface area contributed by atoms with E-state index >= 15 is 0 Å². The van der Waals surface area contributed by atoms with Crippen molar-refractivity contribution < 1.29 is 9.53 Å². The molecule has 0 saturated carbocycles. The molecule has 0 bridgehead atoms. The van der Waals surface area contributed by atoms with E-state index in [2.05, 4.69) is 24.5 Å². The smallest absolute Gasteiger partial charge is 0.228 e. The second-order valence-electron chi connectivity index (χ2n) is 4.61. The zero-order chi connectivity index (χ0) is 13.1. The minimum atomic E-state index is 0.0402. The predicted octanol–water partition coefficient (Wildman–Crippen LogP) is 2.25. The van der Waals surface area contributed by atoms with Crippen LogP contribution in [0.25, 0.3) is 0 Å². The number of methoxy groups -OCH3 is 1. The van der Waals surface area contributed by atoms with Crippen molar-refractivity contribution in [1.82, 2.24) is 5.32 Å². The Balaban J connectivity index is 2.33. The summed E-state index contributed by atoms with van der Waals surface area (Å²) in [6.45, 7) is 5.24. The first-order chi connectivity index (χ1) is 8.67. The standard InChI is InChI=1S/C14H20N2O2/c1-4-7-15-9(2)10-5-6-12(18-3)14-11(10)8-13(17)16-14/h5-6,9,15H,4,7-8H2,1-3H3,(H,16,17). The third kappa shape index (κ3) is 2.34.